The molecule has 22 heavy (non-hydrogen) atoms. The number of hydrogen-bond acceptors (Lipinski definition) is 7. The molecule has 0 aliphatic rings. The summed E-state index contributed by atoms with van der Waals surface area (Å²) in [5.74, 6) is 1.71. The fourth-order valence-electron chi connectivity index (χ4n) is 1.65. The number of hydrogen-bond donors (Lipinski definition) is 3. The molecule has 0 aliphatic carbocycles. The molecule has 0 radical (unpaired) electrons. The van der Waals surface area contributed by atoms with Crippen LogP contribution in [-0.2, 0) is 16.1 Å². The lowest BCUT2D eigenvalue weighted by molar-refractivity contribution is -0.145. The Morgan fingerprint density at radius 2 is 1.95 bits per heavy atom. The molecule has 0 bridgehead atoms. The van der Waals surface area contributed by atoms with E-state index >= 15 is 0 Å². The average Bonchev–Trinajstić information content (AvgIpc) is 2.53. The molecule has 0 saturated heterocycles. The first-order chi connectivity index (χ1) is 10.7. The molecule has 1 aromatic rings. The molecule has 0 fully saturated rings. The molecule has 0 spiro atoms. The summed E-state index contributed by atoms with van der Waals surface area (Å²) in [7, 11) is 3.56. The minimum Gasteiger partial charge on any atom is -0.461 e. The van der Waals surface area contributed by atoms with Crippen molar-refractivity contribution in [2.75, 3.05) is 31.1 Å². The van der Waals surface area contributed by atoms with Crippen molar-refractivity contribution in [3.05, 3.63) is 35.9 Å². The van der Waals surface area contributed by atoms with Crippen LogP contribution in [-0.4, -0.2) is 43.2 Å². The van der Waals surface area contributed by atoms with Gasteiger partial charge in [-0.1, -0.05) is 51.9 Å². The predicted octanol–water partition coefficient (Wildman–Crippen LogP) is 1.38. The Hall–Kier alpha value is -0.730. The van der Waals surface area contributed by atoms with Gasteiger partial charge >= 0.3 is 5.97 Å². The van der Waals surface area contributed by atoms with E-state index < -0.39 is 0 Å². The number of carbonyl (C=O) groups excluding carboxylic acids is 1. The van der Waals surface area contributed by atoms with E-state index in [9.17, 15) is 4.79 Å². The third-order valence-electron chi connectivity index (χ3n) is 2.72. The summed E-state index contributed by atoms with van der Waals surface area (Å²) < 4.78 is 5.20. The molecule has 5 N–H and O–H groups in total. The number of carbonyl (C=O) groups is 1. The SMILES string of the molecule is NCCSSCCNC[C@@H](N)CC(=O)OCc1ccccc1. The molecule has 0 saturated carbocycles. The monoisotopic (exact) mass is 343 g/mol. The summed E-state index contributed by atoms with van der Waals surface area (Å²) in [6.07, 6.45) is 0.231. The molecular formula is C15H25N3O2S2. The maximum Gasteiger partial charge on any atom is 0.307 e. The quantitative estimate of drug-likeness (QED) is 0.300. The molecular weight excluding hydrogens is 318 g/mol. The maximum atomic E-state index is 11.7. The van der Waals surface area contributed by atoms with Gasteiger partial charge in [-0.05, 0) is 5.56 Å². The van der Waals surface area contributed by atoms with Gasteiger partial charge in [0.1, 0.15) is 6.61 Å². The molecule has 0 aliphatic heterocycles. The zero-order valence-corrected chi connectivity index (χ0v) is 14.3. The van der Waals surface area contributed by atoms with Gasteiger partial charge in [0.15, 0.2) is 0 Å². The summed E-state index contributed by atoms with van der Waals surface area (Å²) in [6, 6.07) is 9.40. The van der Waals surface area contributed by atoms with E-state index in [2.05, 4.69) is 5.32 Å². The van der Waals surface area contributed by atoms with Gasteiger partial charge < -0.3 is 21.5 Å². The molecule has 1 aromatic carbocycles. The number of benzene rings is 1. The van der Waals surface area contributed by atoms with E-state index in [1.54, 1.807) is 21.6 Å². The molecule has 0 amide bonds. The predicted molar refractivity (Wildman–Crippen MR) is 95.7 cm³/mol. The average molecular weight is 344 g/mol. The van der Waals surface area contributed by atoms with E-state index in [0.717, 1.165) is 23.6 Å². The van der Waals surface area contributed by atoms with Gasteiger partial charge in [0.2, 0.25) is 0 Å². The second-order valence-corrected chi connectivity index (χ2v) is 7.45. The summed E-state index contributed by atoms with van der Waals surface area (Å²) in [5, 5.41) is 3.24. The van der Waals surface area contributed by atoms with Gasteiger partial charge in [0.05, 0.1) is 6.42 Å². The van der Waals surface area contributed by atoms with Gasteiger partial charge in [-0.25, -0.2) is 0 Å². The minimum absolute atomic E-state index is 0.218. The van der Waals surface area contributed by atoms with Crippen LogP contribution < -0.4 is 16.8 Å². The Morgan fingerprint density at radius 1 is 1.23 bits per heavy atom. The summed E-state index contributed by atoms with van der Waals surface area (Å²) in [4.78, 5) is 11.7. The number of nitrogens with two attached hydrogens (primary N) is 2. The summed E-state index contributed by atoms with van der Waals surface area (Å²) in [6.45, 7) is 2.49. The van der Waals surface area contributed by atoms with Crippen molar-refractivity contribution in [3.8, 4) is 0 Å². The minimum atomic E-state index is -0.258. The number of rotatable bonds is 12. The van der Waals surface area contributed by atoms with E-state index in [1.165, 1.54) is 0 Å². The van der Waals surface area contributed by atoms with Crippen molar-refractivity contribution in [1.82, 2.24) is 5.32 Å². The van der Waals surface area contributed by atoms with Crippen molar-refractivity contribution in [1.29, 1.82) is 0 Å². The summed E-state index contributed by atoms with van der Waals surface area (Å²) >= 11 is 0. The van der Waals surface area contributed by atoms with Crippen LogP contribution in [0, 0.1) is 0 Å². The first-order valence-electron chi connectivity index (χ1n) is 7.32. The second kappa shape index (κ2) is 12.8. The highest BCUT2D eigenvalue weighted by Gasteiger charge is 2.10. The highest BCUT2D eigenvalue weighted by atomic mass is 33.1. The van der Waals surface area contributed by atoms with Gasteiger partial charge in [0.25, 0.3) is 0 Å². The van der Waals surface area contributed by atoms with Crippen LogP contribution in [0.25, 0.3) is 0 Å². The lowest BCUT2D eigenvalue weighted by Crippen LogP contribution is -2.36. The highest BCUT2D eigenvalue weighted by Crippen LogP contribution is 2.18. The zero-order chi connectivity index (χ0) is 16.0. The Balaban J connectivity index is 2.01. The molecule has 5 nitrogen and oxygen atoms in total. The fraction of sp³-hybridized carbons (Fsp3) is 0.533. The molecule has 124 valence electrons. The topological polar surface area (TPSA) is 90.4 Å². The van der Waals surface area contributed by atoms with Crippen molar-refractivity contribution in [2.24, 2.45) is 11.5 Å². The Kier molecular flexibility index (Phi) is 11.2. The van der Waals surface area contributed by atoms with Crippen molar-refractivity contribution < 1.29 is 9.53 Å². The number of nitrogens with one attached hydrogen (secondary N) is 1. The molecule has 1 atom stereocenters. The summed E-state index contributed by atoms with van der Waals surface area (Å²) in [5.41, 5.74) is 12.3. The smallest absolute Gasteiger partial charge is 0.307 e. The first kappa shape index (κ1) is 19.3. The highest BCUT2D eigenvalue weighted by molar-refractivity contribution is 8.76. The lowest BCUT2D eigenvalue weighted by Gasteiger charge is -2.12. The first-order valence-corrected chi connectivity index (χ1v) is 9.81. The van der Waals surface area contributed by atoms with Gasteiger partial charge in [-0.15, -0.1) is 0 Å². The van der Waals surface area contributed by atoms with Crippen LogP contribution in [0.2, 0.25) is 0 Å². The maximum absolute atomic E-state index is 11.7. The standard InChI is InChI=1S/C15H25N3O2S2/c16-6-8-21-22-9-7-18-11-14(17)10-15(19)20-12-13-4-2-1-3-5-13/h1-5,14,18H,6-12,16-17H2/t14-/m0/s1. The van der Waals surface area contributed by atoms with E-state index in [4.69, 9.17) is 16.2 Å². The Bertz CT molecular complexity index is 407. The molecule has 0 aromatic heterocycles. The van der Waals surface area contributed by atoms with Crippen LogP contribution in [0.3, 0.4) is 0 Å². The molecule has 7 heteroatoms. The van der Waals surface area contributed by atoms with Crippen LogP contribution in [0.4, 0.5) is 0 Å². The molecule has 0 heterocycles. The van der Waals surface area contributed by atoms with Crippen LogP contribution in [0.5, 0.6) is 0 Å². The molecule has 0 unspecified atom stereocenters. The van der Waals surface area contributed by atoms with Crippen LogP contribution in [0.15, 0.2) is 30.3 Å². The lowest BCUT2D eigenvalue weighted by atomic mass is 10.2. The Labute approximate surface area is 140 Å². The normalized spacial score (nSPS) is 12.1. The van der Waals surface area contributed by atoms with Gasteiger partial charge in [0, 0.05) is 37.2 Å². The molecule has 1 rings (SSSR count). The van der Waals surface area contributed by atoms with Crippen molar-refractivity contribution in [3.63, 3.8) is 0 Å². The largest absolute Gasteiger partial charge is 0.461 e. The van der Waals surface area contributed by atoms with Gasteiger partial charge in [-0.3, -0.25) is 4.79 Å². The third-order valence-corrected chi connectivity index (χ3v) is 5.16. The number of ether oxygens (including phenoxy) is 1. The van der Waals surface area contributed by atoms with Crippen molar-refractivity contribution >= 4 is 27.6 Å². The van der Waals surface area contributed by atoms with Crippen molar-refractivity contribution in [2.45, 2.75) is 19.1 Å². The number of esters is 1. The van der Waals surface area contributed by atoms with E-state index in [-0.39, 0.29) is 18.4 Å². The van der Waals surface area contributed by atoms with E-state index in [1.807, 2.05) is 30.3 Å². The van der Waals surface area contributed by atoms with Crippen LogP contribution in [0.1, 0.15) is 12.0 Å². The second-order valence-electron chi connectivity index (χ2n) is 4.75. The Morgan fingerprint density at radius 3 is 2.68 bits per heavy atom. The van der Waals surface area contributed by atoms with Gasteiger partial charge in [-0.2, -0.15) is 0 Å². The zero-order valence-electron chi connectivity index (χ0n) is 12.7. The van der Waals surface area contributed by atoms with E-state index in [0.29, 0.717) is 19.7 Å². The van der Waals surface area contributed by atoms with Crippen LogP contribution >= 0.6 is 21.6 Å². The third kappa shape index (κ3) is 10.1. The fourth-order valence-corrected chi connectivity index (χ4v) is 3.46.